The van der Waals surface area contributed by atoms with Crippen LogP contribution in [0.25, 0.3) is 0 Å². The Bertz CT molecular complexity index is 253. The Labute approximate surface area is 76.6 Å². The summed E-state index contributed by atoms with van der Waals surface area (Å²) in [5.41, 5.74) is -4.25. The Hall–Kier alpha value is -0.980. The molecule has 0 radical (unpaired) electrons. The number of hydrogen-bond donors (Lipinski definition) is 1. The van der Waals surface area contributed by atoms with E-state index in [-0.39, 0.29) is 17.6 Å². The second kappa shape index (κ2) is 3.82. The minimum Gasteiger partial charge on any atom is -0.321 e. The Morgan fingerprint density at radius 1 is 1.54 bits per heavy atom. The molecule has 1 unspecified atom stereocenters. The van der Waals surface area contributed by atoms with Crippen molar-refractivity contribution in [3.63, 3.8) is 0 Å². The number of hydrazone groups is 1. The Balaban J connectivity index is 2.55. The predicted molar refractivity (Wildman–Crippen MR) is 46.7 cm³/mol. The molecule has 0 aromatic carbocycles. The van der Waals surface area contributed by atoms with Crippen molar-refractivity contribution in [3.05, 3.63) is 12.2 Å². The summed E-state index contributed by atoms with van der Waals surface area (Å²) in [6, 6.07) is 0. The van der Waals surface area contributed by atoms with Gasteiger partial charge in [-0.2, -0.15) is 18.3 Å². The van der Waals surface area contributed by atoms with Gasteiger partial charge >= 0.3 is 5.51 Å². The van der Waals surface area contributed by atoms with Gasteiger partial charge in [0.05, 0.1) is 5.25 Å². The van der Waals surface area contributed by atoms with Crippen molar-refractivity contribution in [2.45, 2.75) is 10.8 Å². The highest BCUT2D eigenvalue weighted by atomic mass is 32.2. The van der Waals surface area contributed by atoms with E-state index in [0.29, 0.717) is 0 Å². The number of halogens is 3. The van der Waals surface area contributed by atoms with Gasteiger partial charge in [-0.3, -0.25) is 0 Å². The van der Waals surface area contributed by atoms with Gasteiger partial charge in [0, 0.05) is 6.21 Å². The first-order valence-corrected chi connectivity index (χ1v) is 4.14. The second-order valence-electron chi connectivity index (χ2n) is 2.15. The average Bonchev–Trinajstić information content (AvgIpc) is 2.03. The molecule has 0 fully saturated rings. The summed E-state index contributed by atoms with van der Waals surface area (Å²) < 4.78 is 35.5. The zero-order valence-corrected chi connectivity index (χ0v) is 7.14. The zero-order chi connectivity index (χ0) is 9.90. The highest BCUT2D eigenvalue weighted by Gasteiger charge is 2.31. The van der Waals surface area contributed by atoms with Gasteiger partial charge in [-0.15, -0.1) is 0 Å². The number of rotatable bonds is 1. The third-order valence-corrected chi connectivity index (χ3v) is 2.01. The Morgan fingerprint density at radius 2 is 2.23 bits per heavy atom. The number of nitrogens with zero attached hydrogens (tertiary/aromatic N) is 2. The van der Waals surface area contributed by atoms with Crippen molar-refractivity contribution in [1.82, 2.24) is 0 Å². The largest absolute Gasteiger partial charge is 0.442 e. The van der Waals surface area contributed by atoms with E-state index in [1.807, 2.05) is 0 Å². The van der Waals surface area contributed by atoms with Crippen LogP contribution in [0.4, 0.5) is 13.2 Å². The van der Waals surface area contributed by atoms with Crippen LogP contribution >= 0.6 is 11.8 Å². The van der Waals surface area contributed by atoms with E-state index in [1.165, 1.54) is 12.2 Å². The summed E-state index contributed by atoms with van der Waals surface area (Å²) in [4.78, 5) is 3.61. The van der Waals surface area contributed by atoms with Crippen LogP contribution in [0.1, 0.15) is 0 Å². The summed E-state index contributed by atoms with van der Waals surface area (Å²) in [6.45, 7) is 0. The van der Waals surface area contributed by atoms with Crippen LogP contribution < -0.4 is 5.84 Å². The molecule has 7 heteroatoms. The summed E-state index contributed by atoms with van der Waals surface area (Å²) >= 11 is -0.142. The van der Waals surface area contributed by atoms with Crippen LogP contribution in [-0.4, -0.2) is 22.8 Å². The highest BCUT2D eigenvalue weighted by Crippen LogP contribution is 2.34. The molecule has 1 atom stereocenters. The molecular weight excluding hydrogens is 203 g/mol. The molecule has 0 saturated carbocycles. The number of thioether (sulfide) groups is 1. The van der Waals surface area contributed by atoms with Gasteiger partial charge in [0.25, 0.3) is 0 Å². The molecule has 0 aliphatic carbocycles. The molecular formula is C6H6F3N3S. The third-order valence-electron chi connectivity index (χ3n) is 1.19. The third kappa shape index (κ3) is 3.49. The lowest BCUT2D eigenvalue weighted by Crippen LogP contribution is -2.15. The minimum atomic E-state index is -4.25. The van der Waals surface area contributed by atoms with Crippen LogP contribution in [0.15, 0.2) is 22.2 Å². The van der Waals surface area contributed by atoms with Crippen LogP contribution in [0.2, 0.25) is 0 Å². The van der Waals surface area contributed by atoms with E-state index in [4.69, 9.17) is 5.84 Å². The van der Waals surface area contributed by atoms with Gasteiger partial charge in [0.15, 0.2) is 5.84 Å². The monoisotopic (exact) mass is 209 g/mol. The normalized spacial score (nSPS) is 25.5. The van der Waals surface area contributed by atoms with Gasteiger partial charge in [-0.25, -0.2) is 4.99 Å². The van der Waals surface area contributed by atoms with Crippen molar-refractivity contribution >= 4 is 23.8 Å². The molecule has 1 rings (SSSR count). The van der Waals surface area contributed by atoms with Crippen LogP contribution in [-0.2, 0) is 0 Å². The number of aliphatic imine (C=N–C) groups is 1. The quantitative estimate of drug-likeness (QED) is 0.525. The lowest BCUT2D eigenvalue weighted by molar-refractivity contribution is -0.0328. The fourth-order valence-electron chi connectivity index (χ4n) is 0.724. The molecule has 0 spiro atoms. The van der Waals surface area contributed by atoms with Gasteiger partial charge in [-0.05, 0) is 17.8 Å². The Kier molecular flexibility index (Phi) is 2.97. The summed E-state index contributed by atoms with van der Waals surface area (Å²) in [7, 11) is 0. The first-order chi connectivity index (χ1) is 6.01. The topological polar surface area (TPSA) is 50.7 Å². The molecule has 0 aromatic rings. The Morgan fingerprint density at radius 3 is 2.62 bits per heavy atom. The maximum atomic E-state index is 11.8. The van der Waals surface area contributed by atoms with Crippen molar-refractivity contribution in [1.29, 1.82) is 0 Å². The van der Waals surface area contributed by atoms with E-state index < -0.39 is 10.8 Å². The molecule has 0 bridgehead atoms. The fourth-order valence-corrected chi connectivity index (χ4v) is 1.31. The molecule has 1 aliphatic heterocycles. The smallest absolute Gasteiger partial charge is 0.321 e. The van der Waals surface area contributed by atoms with Crippen LogP contribution in [0, 0.1) is 0 Å². The van der Waals surface area contributed by atoms with Crippen molar-refractivity contribution < 1.29 is 13.2 Å². The maximum Gasteiger partial charge on any atom is 0.442 e. The average molecular weight is 209 g/mol. The fraction of sp³-hybridized carbons (Fsp3) is 0.333. The molecule has 3 nitrogen and oxygen atoms in total. The van der Waals surface area contributed by atoms with Crippen molar-refractivity contribution in [2.24, 2.45) is 15.9 Å². The van der Waals surface area contributed by atoms with E-state index in [2.05, 4.69) is 10.1 Å². The van der Waals surface area contributed by atoms with Crippen LogP contribution in [0.5, 0.6) is 0 Å². The number of hydrogen-bond acceptors (Lipinski definition) is 3. The molecule has 0 amide bonds. The minimum absolute atomic E-state index is 0.142. The zero-order valence-electron chi connectivity index (χ0n) is 6.32. The SMILES string of the molecule is N/N=C1\C=CC(SC(F)(F)F)C=N1. The lowest BCUT2D eigenvalue weighted by atomic mass is 10.3. The van der Waals surface area contributed by atoms with E-state index in [0.717, 1.165) is 6.21 Å². The molecule has 1 heterocycles. The van der Waals surface area contributed by atoms with E-state index in [1.54, 1.807) is 0 Å². The molecule has 13 heavy (non-hydrogen) atoms. The number of nitrogens with two attached hydrogens (primary N) is 1. The van der Waals surface area contributed by atoms with Gasteiger partial charge in [-0.1, -0.05) is 6.08 Å². The first kappa shape index (κ1) is 10.1. The van der Waals surface area contributed by atoms with Gasteiger partial charge in [0.1, 0.15) is 0 Å². The predicted octanol–water partition coefficient (Wildman–Crippen LogP) is 1.52. The molecule has 0 aromatic heterocycles. The number of amidine groups is 1. The molecule has 0 saturated heterocycles. The van der Waals surface area contributed by atoms with Gasteiger partial charge < -0.3 is 5.84 Å². The first-order valence-electron chi connectivity index (χ1n) is 3.26. The standard InChI is InChI=1S/C6H6F3N3S/c7-6(8,9)13-4-1-2-5(12-10)11-3-4/h1-4H,10H2/b12-5+. The molecule has 1 aliphatic rings. The molecule has 2 N–H and O–H groups in total. The number of alkyl halides is 3. The second-order valence-corrected chi connectivity index (χ2v) is 3.40. The maximum absolute atomic E-state index is 11.8. The summed E-state index contributed by atoms with van der Waals surface area (Å²) in [6.07, 6.45) is 3.85. The van der Waals surface area contributed by atoms with Crippen LogP contribution in [0.3, 0.4) is 0 Å². The summed E-state index contributed by atoms with van der Waals surface area (Å²) in [5.74, 6) is 5.09. The van der Waals surface area contributed by atoms with E-state index >= 15 is 0 Å². The number of dihydropyridines is 1. The lowest BCUT2D eigenvalue weighted by Gasteiger charge is -2.11. The highest BCUT2D eigenvalue weighted by molar-refractivity contribution is 8.01. The van der Waals surface area contributed by atoms with Gasteiger partial charge in [0.2, 0.25) is 0 Å². The van der Waals surface area contributed by atoms with Crippen molar-refractivity contribution in [2.75, 3.05) is 0 Å². The molecule has 72 valence electrons. The van der Waals surface area contributed by atoms with Crippen molar-refractivity contribution in [3.8, 4) is 0 Å². The summed E-state index contributed by atoms with van der Waals surface area (Å²) in [5, 5.41) is 2.43. The van der Waals surface area contributed by atoms with E-state index in [9.17, 15) is 13.2 Å².